The molecule has 14 heavy (non-hydrogen) atoms. The van der Waals surface area contributed by atoms with Crippen molar-refractivity contribution in [3.63, 3.8) is 0 Å². The van der Waals surface area contributed by atoms with E-state index in [9.17, 15) is 0 Å². The Kier molecular flexibility index (Phi) is 3.67. The number of allylic oxidation sites excluding steroid dienone is 1. The highest BCUT2D eigenvalue weighted by molar-refractivity contribution is 8.03. The third-order valence-corrected chi connectivity index (χ3v) is 6.62. The molecule has 0 aliphatic carbocycles. The van der Waals surface area contributed by atoms with Crippen molar-refractivity contribution in [2.24, 2.45) is 0 Å². The maximum Gasteiger partial charge on any atom is 0.0657 e. The van der Waals surface area contributed by atoms with Gasteiger partial charge in [-0.15, -0.1) is 11.8 Å². The number of rotatable bonds is 3. The fourth-order valence-electron chi connectivity index (χ4n) is 2.17. The van der Waals surface area contributed by atoms with E-state index in [0.717, 1.165) is 0 Å². The Morgan fingerprint density at radius 3 is 2.29 bits per heavy atom. The summed E-state index contributed by atoms with van der Waals surface area (Å²) in [6.07, 6.45) is 2.16. The van der Waals surface area contributed by atoms with Crippen LogP contribution < -0.4 is 0 Å². The van der Waals surface area contributed by atoms with Crippen LogP contribution in [0.4, 0.5) is 0 Å². The van der Waals surface area contributed by atoms with E-state index in [1.165, 1.54) is 5.57 Å². The van der Waals surface area contributed by atoms with Gasteiger partial charge in [0.1, 0.15) is 0 Å². The molecule has 0 N–H and O–H groups in total. The summed E-state index contributed by atoms with van der Waals surface area (Å²) in [4.78, 5) is 2.38. The molecule has 0 radical (unpaired) electrons. The van der Waals surface area contributed by atoms with Crippen molar-refractivity contribution in [3.8, 4) is 0 Å². The van der Waals surface area contributed by atoms with E-state index >= 15 is 0 Å². The van der Waals surface area contributed by atoms with Gasteiger partial charge in [0, 0.05) is 10.9 Å². The number of nitrogens with zero attached hydrogens (tertiary/aromatic N) is 1. The number of thioether (sulfide) groups is 1. The van der Waals surface area contributed by atoms with Gasteiger partial charge in [-0.3, -0.25) is 0 Å². The molecule has 0 bridgehead atoms. The van der Waals surface area contributed by atoms with Crippen molar-refractivity contribution in [2.45, 2.75) is 30.6 Å². The lowest BCUT2D eigenvalue weighted by Gasteiger charge is -2.39. The van der Waals surface area contributed by atoms with Crippen LogP contribution >= 0.6 is 11.8 Å². The third-order valence-electron chi connectivity index (χ3n) is 2.60. The maximum atomic E-state index is 4.14. The van der Waals surface area contributed by atoms with Gasteiger partial charge in [0.15, 0.2) is 0 Å². The summed E-state index contributed by atoms with van der Waals surface area (Å²) in [5.74, 6) is 0. The van der Waals surface area contributed by atoms with Crippen LogP contribution in [0.15, 0.2) is 23.6 Å². The lowest BCUT2D eigenvalue weighted by molar-refractivity contribution is 0.368. The molecule has 0 fully saturated rings. The van der Waals surface area contributed by atoms with Gasteiger partial charge >= 0.3 is 0 Å². The minimum atomic E-state index is -1.15. The Balaban J connectivity index is 2.84. The molecule has 1 aliphatic heterocycles. The summed E-state index contributed by atoms with van der Waals surface area (Å²) in [5, 5.41) is 2.76. The first-order chi connectivity index (χ1) is 6.34. The van der Waals surface area contributed by atoms with Gasteiger partial charge < -0.3 is 4.90 Å². The zero-order valence-electron chi connectivity index (χ0n) is 9.87. The fraction of sp³-hybridized carbons (Fsp3) is 0.636. The quantitative estimate of drug-likeness (QED) is 0.682. The molecule has 0 aromatic heterocycles. The molecule has 2 unspecified atom stereocenters. The molecule has 3 heteroatoms. The second-order valence-electron chi connectivity index (χ2n) is 5.21. The molecule has 1 rings (SSSR count). The minimum absolute atomic E-state index is 0.580. The zero-order chi connectivity index (χ0) is 10.9. The van der Waals surface area contributed by atoms with Crippen molar-refractivity contribution in [3.05, 3.63) is 23.6 Å². The van der Waals surface area contributed by atoms with Crippen LogP contribution in [0.5, 0.6) is 0 Å². The van der Waals surface area contributed by atoms with E-state index in [4.69, 9.17) is 0 Å². The lowest BCUT2D eigenvalue weighted by atomic mass is 10.2. The molecule has 0 aromatic rings. The Labute approximate surface area is 93.3 Å². The molecule has 0 saturated heterocycles. The van der Waals surface area contributed by atoms with Crippen LogP contribution in [-0.2, 0) is 0 Å². The average molecular weight is 227 g/mol. The van der Waals surface area contributed by atoms with Crippen molar-refractivity contribution in [2.75, 3.05) is 14.1 Å². The molecule has 0 amide bonds. The highest BCUT2D eigenvalue weighted by atomic mass is 32.2. The topological polar surface area (TPSA) is 3.24 Å². The third kappa shape index (κ3) is 2.52. The van der Waals surface area contributed by atoms with Gasteiger partial charge in [-0.25, -0.2) is 0 Å². The molecular weight excluding hydrogens is 206 g/mol. The zero-order valence-corrected chi connectivity index (χ0v) is 11.7. The summed E-state index contributed by atoms with van der Waals surface area (Å²) >= 11 is 1.93. The molecule has 1 nitrogen and oxygen atoms in total. The fourth-order valence-corrected chi connectivity index (χ4v) is 7.37. The smallest absolute Gasteiger partial charge is 0.0657 e. The summed E-state index contributed by atoms with van der Waals surface area (Å²) in [6, 6.07) is 0. The highest BCUT2D eigenvalue weighted by Crippen LogP contribution is 2.35. The Hall–Kier alpha value is 0.00688. The SMILES string of the molecule is C=C1C=CSC1C(N(C)C)[Si](C)(C)C. The van der Waals surface area contributed by atoms with Gasteiger partial charge in [-0.2, -0.15) is 0 Å². The Bertz CT molecular complexity index is 253. The van der Waals surface area contributed by atoms with Crippen LogP contribution in [-0.4, -0.2) is 38.0 Å². The summed E-state index contributed by atoms with van der Waals surface area (Å²) in [6.45, 7) is 11.4. The molecule has 0 spiro atoms. The van der Waals surface area contributed by atoms with E-state index in [2.05, 4.69) is 56.7 Å². The molecule has 1 heterocycles. The summed E-state index contributed by atoms with van der Waals surface area (Å²) < 4.78 is 0. The predicted molar refractivity (Wildman–Crippen MR) is 70.5 cm³/mol. The van der Waals surface area contributed by atoms with Crippen LogP contribution in [0.3, 0.4) is 0 Å². The highest BCUT2D eigenvalue weighted by Gasteiger charge is 2.37. The molecule has 0 saturated carbocycles. The Morgan fingerprint density at radius 1 is 1.43 bits per heavy atom. The number of hydrogen-bond donors (Lipinski definition) is 0. The van der Waals surface area contributed by atoms with Crippen molar-refractivity contribution in [1.82, 2.24) is 4.90 Å². The second-order valence-corrected chi connectivity index (χ2v) is 11.6. The minimum Gasteiger partial charge on any atom is -0.308 e. The van der Waals surface area contributed by atoms with Crippen molar-refractivity contribution < 1.29 is 0 Å². The van der Waals surface area contributed by atoms with E-state index in [-0.39, 0.29) is 0 Å². The second kappa shape index (κ2) is 4.25. The van der Waals surface area contributed by atoms with Crippen molar-refractivity contribution >= 4 is 19.8 Å². The first kappa shape index (κ1) is 12.1. The van der Waals surface area contributed by atoms with E-state index in [1.807, 2.05) is 11.8 Å². The summed E-state index contributed by atoms with van der Waals surface area (Å²) in [5.41, 5.74) is 1.96. The van der Waals surface area contributed by atoms with Crippen molar-refractivity contribution in [1.29, 1.82) is 0 Å². The van der Waals surface area contributed by atoms with E-state index < -0.39 is 8.07 Å². The van der Waals surface area contributed by atoms with Gasteiger partial charge in [0.25, 0.3) is 0 Å². The molecule has 80 valence electrons. The normalized spacial score (nSPS) is 24.7. The maximum absolute atomic E-state index is 4.14. The lowest BCUT2D eigenvalue weighted by Crippen LogP contribution is -2.53. The van der Waals surface area contributed by atoms with Gasteiger partial charge in [0.05, 0.1) is 8.07 Å². The number of hydrogen-bond acceptors (Lipinski definition) is 2. The van der Waals surface area contributed by atoms with Gasteiger partial charge in [0.2, 0.25) is 0 Å². The van der Waals surface area contributed by atoms with Crippen LogP contribution in [0.2, 0.25) is 19.6 Å². The largest absolute Gasteiger partial charge is 0.308 e. The van der Waals surface area contributed by atoms with E-state index in [0.29, 0.717) is 10.9 Å². The molecular formula is C11H21NSSi. The summed E-state index contributed by atoms with van der Waals surface area (Å²) in [7, 11) is 3.23. The van der Waals surface area contributed by atoms with E-state index in [1.54, 1.807) is 0 Å². The van der Waals surface area contributed by atoms with Gasteiger partial charge in [-0.05, 0) is 25.1 Å². The van der Waals surface area contributed by atoms with Crippen LogP contribution in [0, 0.1) is 0 Å². The standard InChI is InChI=1S/C11H21NSSi/c1-9-7-8-13-10(9)11(12(2)3)14(4,5)6/h7-8,10-11H,1H2,2-6H3. The first-order valence-electron chi connectivity index (χ1n) is 5.01. The van der Waals surface area contributed by atoms with Crippen LogP contribution in [0.1, 0.15) is 0 Å². The van der Waals surface area contributed by atoms with Gasteiger partial charge in [-0.1, -0.05) is 32.3 Å². The first-order valence-corrected chi connectivity index (χ1v) is 9.53. The average Bonchev–Trinajstić information content (AvgIpc) is 2.32. The molecule has 0 aromatic carbocycles. The van der Waals surface area contributed by atoms with Crippen LogP contribution in [0.25, 0.3) is 0 Å². The molecule has 1 aliphatic rings. The Morgan fingerprint density at radius 2 is 2.00 bits per heavy atom. The molecule has 2 atom stereocenters. The predicted octanol–water partition coefficient (Wildman–Crippen LogP) is 2.98. The monoisotopic (exact) mass is 227 g/mol.